The van der Waals surface area contributed by atoms with E-state index in [1.54, 1.807) is 12.4 Å². The van der Waals surface area contributed by atoms with E-state index in [0.717, 1.165) is 12.0 Å². The van der Waals surface area contributed by atoms with Crippen LogP contribution >= 0.6 is 0 Å². The molecule has 1 saturated carbocycles. The van der Waals surface area contributed by atoms with E-state index in [4.69, 9.17) is 0 Å². The summed E-state index contributed by atoms with van der Waals surface area (Å²) in [6.07, 6.45) is 4.44. The Hall–Kier alpha value is -2.68. The van der Waals surface area contributed by atoms with Gasteiger partial charge in [-0.25, -0.2) is 0 Å². The average Bonchev–Trinajstić information content (AvgIpc) is 3.41. The number of hydrogen-bond acceptors (Lipinski definition) is 2. The van der Waals surface area contributed by atoms with Gasteiger partial charge in [-0.15, -0.1) is 0 Å². The number of fused-ring (bicyclic) bond motifs is 1. The molecule has 114 valence electrons. The van der Waals surface area contributed by atoms with E-state index in [-0.39, 0.29) is 11.8 Å². The Morgan fingerprint density at radius 1 is 1.04 bits per heavy atom. The van der Waals surface area contributed by atoms with Crippen LogP contribution in [0.5, 0.6) is 0 Å². The Bertz CT molecular complexity index is 839. The molecule has 1 aliphatic rings. The third kappa shape index (κ3) is 2.82. The monoisotopic (exact) mass is 302 g/mol. The Morgan fingerprint density at radius 3 is 2.70 bits per heavy atom. The summed E-state index contributed by atoms with van der Waals surface area (Å²) >= 11 is 0. The van der Waals surface area contributed by atoms with Crippen molar-refractivity contribution in [1.82, 2.24) is 10.3 Å². The van der Waals surface area contributed by atoms with Crippen LogP contribution in [0.25, 0.3) is 10.8 Å². The van der Waals surface area contributed by atoms with E-state index in [1.165, 1.54) is 16.3 Å². The number of rotatable bonds is 4. The van der Waals surface area contributed by atoms with Crippen molar-refractivity contribution in [3.8, 4) is 0 Å². The normalized spacial score (nSPS) is 19.5. The van der Waals surface area contributed by atoms with Gasteiger partial charge < -0.3 is 5.32 Å². The quantitative estimate of drug-likeness (QED) is 0.799. The molecule has 0 unspecified atom stereocenters. The molecular weight excluding hydrogens is 284 g/mol. The van der Waals surface area contributed by atoms with Gasteiger partial charge in [0.05, 0.1) is 0 Å². The van der Waals surface area contributed by atoms with E-state index in [0.29, 0.717) is 12.5 Å². The molecule has 2 aromatic carbocycles. The molecule has 1 heterocycles. The molecule has 1 aromatic heterocycles. The van der Waals surface area contributed by atoms with Gasteiger partial charge in [-0.3, -0.25) is 9.78 Å². The van der Waals surface area contributed by atoms with Crippen LogP contribution < -0.4 is 5.32 Å². The number of nitrogens with one attached hydrogen (secondary N) is 1. The fourth-order valence-electron chi connectivity index (χ4n) is 3.22. The number of carbonyl (C=O) groups is 1. The van der Waals surface area contributed by atoms with Gasteiger partial charge in [0.15, 0.2) is 0 Å². The summed E-state index contributed by atoms with van der Waals surface area (Å²) < 4.78 is 0. The van der Waals surface area contributed by atoms with Crippen molar-refractivity contribution >= 4 is 16.7 Å². The summed E-state index contributed by atoms with van der Waals surface area (Å²) in [7, 11) is 0. The maximum atomic E-state index is 12.4. The van der Waals surface area contributed by atoms with Crippen LogP contribution in [0.15, 0.2) is 67.0 Å². The molecule has 4 rings (SSSR count). The predicted molar refractivity (Wildman–Crippen MR) is 90.9 cm³/mol. The summed E-state index contributed by atoms with van der Waals surface area (Å²) in [4.78, 5) is 16.4. The highest BCUT2D eigenvalue weighted by molar-refractivity contribution is 5.89. The average molecular weight is 302 g/mol. The minimum atomic E-state index is 0.0997. The van der Waals surface area contributed by atoms with Crippen molar-refractivity contribution in [1.29, 1.82) is 0 Å². The second kappa shape index (κ2) is 5.84. The summed E-state index contributed by atoms with van der Waals surface area (Å²) in [6.45, 7) is 0.570. The highest BCUT2D eigenvalue weighted by Gasteiger charge is 2.44. The molecule has 3 heteroatoms. The molecule has 0 aliphatic heterocycles. The number of nitrogens with zero attached hydrogens (tertiary/aromatic N) is 1. The zero-order valence-corrected chi connectivity index (χ0v) is 12.8. The predicted octanol–water partition coefficient (Wildman–Crippen LogP) is 3.65. The largest absolute Gasteiger partial charge is 0.352 e. The number of aromatic nitrogens is 1. The van der Waals surface area contributed by atoms with Crippen molar-refractivity contribution in [2.45, 2.75) is 18.9 Å². The van der Waals surface area contributed by atoms with Gasteiger partial charge in [0.2, 0.25) is 5.91 Å². The minimum Gasteiger partial charge on any atom is -0.352 e. The third-order valence-electron chi connectivity index (χ3n) is 4.57. The Labute approximate surface area is 135 Å². The SMILES string of the molecule is O=C(NCc1ccncc1)[C@@H]1C[C@H]1c1cccc2ccccc12. The molecule has 0 radical (unpaired) electrons. The molecule has 0 bridgehead atoms. The molecule has 1 aliphatic carbocycles. The molecule has 3 aromatic rings. The fourth-order valence-corrected chi connectivity index (χ4v) is 3.22. The Balaban J connectivity index is 1.46. The Kier molecular flexibility index (Phi) is 3.54. The van der Waals surface area contributed by atoms with E-state index < -0.39 is 0 Å². The lowest BCUT2D eigenvalue weighted by atomic mass is 10.00. The van der Waals surface area contributed by atoms with Crippen LogP contribution in [0.3, 0.4) is 0 Å². The van der Waals surface area contributed by atoms with Gasteiger partial charge in [0.1, 0.15) is 0 Å². The minimum absolute atomic E-state index is 0.0997. The lowest BCUT2D eigenvalue weighted by molar-refractivity contribution is -0.122. The van der Waals surface area contributed by atoms with Crippen molar-refractivity contribution in [2.75, 3.05) is 0 Å². The third-order valence-corrected chi connectivity index (χ3v) is 4.57. The molecule has 2 atom stereocenters. The molecule has 23 heavy (non-hydrogen) atoms. The van der Waals surface area contributed by atoms with Crippen molar-refractivity contribution < 1.29 is 4.79 Å². The number of pyridine rings is 1. The first kappa shape index (κ1) is 13.9. The van der Waals surface area contributed by atoms with Crippen LogP contribution in [-0.4, -0.2) is 10.9 Å². The first-order valence-electron chi connectivity index (χ1n) is 7.97. The summed E-state index contributed by atoms with van der Waals surface area (Å²) in [5.41, 5.74) is 2.38. The summed E-state index contributed by atoms with van der Waals surface area (Å²) in [5, 5.41) is 5.55. The van der Waals surface area contributed by atoms with Crippen molar-refractivity contribution in [3.63, 3.8) is 0 Å². The molecule has 1 fully saturated rings. The summed E-state index contributed by atoms with van der Waals surface area (Å²) in [5.74, 6) is 0.598. The first-order chi connectivity index (χ1) is 11.3. The van der Waals surface area contributed by atoms with E-state index in [1.807, 2.05) is 12.1 Å². The van der Waals surface area contributed by atoms with Crippen molar-refractivity contribution in [2.24, 2.45) is 5.92 Å². The molecule has 0 spiro atoms. The smallest absolute Gasteiger partial charge is 0.224 e. The maximum Gasteiger partial charge on any atom is 0.224 e. The zero-order valence-electron chi connectivity index (χ0n) is 12.8. The standard InChI is InChI=1S/C20H18N2O/c23-20(22-13-14-8-10-21-11-9-14)19-12-18(19)17-7-3-5-15-4-1-2-6-16(15)17/h1-11,18-19H,12-13H2,(H,22,23)/t18-,19+/m0/s1. The molecule has 0 saturated heterocycles. The van der Waals surface area contributed by atoms with E-state index in [9.17, 15) is 4.79 Å². The topological polar surface area (TPSA) is 42.0 Å². The highest BCUT2D eigenvalue weighted by Crippen LogP contribution is 2.49. The molecule has 3 nitrogen and oxygen atoms in total. The highest BCUT2D eigenvalue weighted by atomic mass is 16.2. The maximum absolute atomic E-state index is 12.4. The van der Waals surface area contributed by atoms with Crippen LogP contribution in [0.2, 0.25) is 0 Å². The van der Waals surface area contributed by atoms with Gasteiger partial charge in [-0.2, -0.15) is 0 Å². The second-order valence-corrected chi connectivity index (χ2v) is 6.09. The molecule has 1 N–H and O–H groups in total. The molecule has 1 amide bonds. The van der Waals surface area contributed by atoms with Crippen LogP contribution in [0, 0.1) is 5.92 Å². The van der Waals surface area contributed by atoms with Gasteiger partial charge in [0, 0.05) is 24.9 Å². The first-order valence-corrected chi connectivity index (χ1v) is 7.97. The number of benzene rings is 2. The molecular formula is C20H18N2O. The lowest BCUT2D eigenvalue weighted by Gasteiger charge is -2.07. The summed E-state index contributed by atoms with van der Waals surface area (Å²) in [6, 6.07) is 18.6. The zero-order chi connectivity index (χ0) is 15.6. The van der Waals surface area contributed by atoms with Crippen LogP contribution in [0.1, 0.15) is 23.5 Å². The van der Waals surface area contributed by atoms with E-state index >= 15 is 0 Å². The number of amides is 1. The van der Waals surface area contributed by atoms with Crippen LogP contribution in [0.4, 0.5) is 0 Å². The van der Waals surface area contributed by atoms with Crippen molar-refractivity contribution in [3.05, 3.63) is 78.1 Å². The number of hydrogen-bond donors (Lipinski definition) is 1. The van der Waals surface area contributed by atoms with Gasteiger partial charge in [0.25, 0.3) is 0 Å². The fraction of sp³-hybridized carbons (Fsp3) is 0.200. The number of carbonyl (C=O) groups excluding carboxylic acids is 1. The second-order valence-electron chi connectivity index (χ2n) is 6.09. The Morgan fingerprint density at radius 2 is 1.83 bits per heavy atom. The van der Waals surface area contributed by atoms with E-state index in [2.05, 4.69) is 52.8 Å². The van der Waals surface area contributed by atoms with Gasteiger partial charge in [-0.05, 0) is 46.4 Å². The van der Waals surface area contributed by atoms with Crippen LogP contribution in [-0.2, 0) is 11.3 Å². The van der Waals surface area contributed by atoms with Gasteiger partial charge >= 0.3 is 0 Å². The van der Waals surface area contributed by atoms with Gasteiger partial charge in [-0.1, -0.05) is 42.5 Å². The lowest BCUT2D eigenvalue weighted by Crippen LogP contribution is -2.24.